The van der Waals surface area contributed by atoms with E-state index in [0.29, 0.717) is 0 Å². The number of anilines is 2. The van der Waals surface area contributed by atoms with Gasteiger partial charge in [0.15, 0.2) is 0 Å². The van der Waals surface area contributed by atoms with Gasteiger partial charge in [0.1, 0.15) is 0 Å². The number of thiazole rings is 1. The van der Waals surface area contributed by atoms with Crippen LogP contribution >= 0.6 is 11.3 Å². The van der Waals surface area contributed by atoms with E-state index in [1.165, 1.54) is 37.7 Å². The van der Waals surface area contributed by atoms with Gasteiger partial charge < -0.3 is 5.32 Å². The Hall–Kier alpha value is -3.95. The first-order chi connectivity index (χ1) is 15.9. The summed E-state index contributed by atoms with van der Waals surface area (Å²) in [6, 6.07) is 38.4. The zero-order chi connectivity index (χ0) is 21.3. The van der Waals surface area contributed by atoms with Gasteiger partial charge in [-0.25, -0.2) is 4.98 Å². The standard InChI is InChI=1S/C29H20N2S/c1-2-7-20(8-3-1)21-13-15-22(16-14-21)31-27-18-17-24(23-9-4-5-10-25(23)27)26-11-6-12-28-29(26)30-19-32-28/h1-19,31H. The van der Waals surface area contributed by atoms with Gasteiger partial charge in [-0.05, 0) is 46.3 Å². The van der Waals surface area contributed by atoms with E-state index in [-0.39, 0.29) is 0 Å². The van der Waals surface area contributed by atoms with E-state index in [9.17, 15) is 0 Å². The van der Waals surface area contributed by atoms with Crippen LogP contribution in [0.25, 0.3) is 43.2 Å². The van der Waals surface area contributed by atoms with Gasteiger partial charge in [0.05, 0.1) is 15.7 Å². The highest BCUT2D eigenvalue weighted by atomic mass is 32.1. The summed E-state index contributed by atoms with van der Waals surface area (Å²) in [5.74, 6) is 0. The maximum atomic E-state index is 4.63. The Bertz CT molecular complexity index is 1530. The first-order valence-electron chi connectivity index (χ1n) is 10.6. The molecule has 0 aliphatic heterocycles. The van der Waals surface area contributed by atoms with Gasteiger partial charge in [0.2, 0.25) is 0 Å². The molecule has 6 rings (SSSR count). The predicted octanol–water partition coefficient (Wildman–Crippen LogP) is 8.53. The molecule has 0 unspecified atom stereocenters. The van der Waals surface area contributed by atoms with E-state index >= 15 is 0 Å². The van der Waals surface area contributed by atoms with E-state index in [2.05, 4.69) is 113 Å². The molecule has 152 valence electrons. The SMILES string of the molecule is c1ccc(-c2ccc(Nc3ccc(-c4cccc5scnc45)c4ccccc34)cc2)cc1. The van der Waals surface area contributed by atoms with Crippen molar-refractivity contribution in [2.24, 2.45) is 0 Å². The van der Waals surface area contributed by atoms with Crippen molar-refractivity contribution in [1.82, 2.24) is 4.98 Å². The van der Waals surface area contributed by atoms with Gasteiger partial charge >= 0.3 is 0 Å². The summed E-state index contributed by atoms with van der Waals surface area (Å²) in [6.07, 6.45) is 0. The third kappa shape index (κ3) is 3.33. The summed E-state index contributed by atoms with van der Waals surface area (Å²) in [7, 11) is 0. The van der Waals surface area contributed by atoms with Gasteiger partial charge in [0, 0.05) is 22.3 Å². The first kappa shape index (κ1) is 18.8. The van der Waals surface area contributed by atoms with Crippen molar-refractivity contribution in [1.29, 1.82) is 0 Å². The van der Waals surface area contributed by atoms with E-state index < -0.39 is 0 Å². The first-order valence-corrected chi connectivity index (χ1v) is 11.5. The highest BCUT2D eigenvalue weighted by Gasteiger charge is 2.12. The minimum Gasteiger partial charge on any atom is -0.355 e. The smallest absolute Gasteiger partial charge is 0.0890 e. The molecule has 32 heavy (non-hydrogen) atoms. The summed E-state index contributed by atoms with van der Waals surface area (Å²) in [5.41, 5.74) is 10.00. The highest BCUT2D eigenvalue weighted by molar-refractivity contribution is 7.16. The predicted molar refractivity (Wildman–Crippen MR) is 138 cm³/mol. The molecule has 0 amide bonds. The van der Waals surface area contributed by atoms with Crippen molar-refractivity contribution in [3.05, 3.63) is 115 Å². The average molecular weight is 429 g/mol. The second-order valence-electron chi connectivity index (χ2n) is 7.78. The van der Waals surface area contributed by atoms with Crippen molar-refractivity contribution < 1.29 is 0 Å². The summed E-state index contributed by atoms with van der Waals surface area (Å²) in [4.78, 5) is 4.63. The number of para-hydroxylation sites is 1. The molecular weight excluding hydrogens is 408 g/mol. The molecule has 2 nitrogen and oxygen atoms in total. The number of benzene rings is 5. The number of hydrogen-bond acceptors (Lipinski definition) is 3. The topological polar surface area (TPSA) is 24.9 Å². The minimum atomic E-state index is 1.07. The van der Waals surface area contributed by atoms with Crippen LogP contribution in [0.2, 0.25) is 0 Å². The molecule has 0 saturated carbocycles. The zero-order valence-corrected chi connectivity index (χ0v) is 18.1. The van der Waals surface area contributed by atoms with Crippen molar-refractivity contribution in [2.75, 3.05) is 5.32 Å². The van der Waals surface area contributed by atoms with Crippen LogP contribution in [-0.2, 0) is 0 Å². The van der Waals surface area contributed by atoms with Gasteiger partial charge in [-0.1, -0.05) is 84.9 Å². The van der Waals surface area contributed by atoms with Crippen molar-refractivity contribution in [3.63, 3.8) is 0 Å². The molecule has 1 aromatic heterocycles. The van der Waals surface area contributed by atoms with Crippen LogP contribution in [0.15, 0.2) is 115 Å². The third-order valence-electron chi connectivity index (χ3n) is 5.85. The fourth-order valence-electron chi connectivity index (χ4n) is 4.28. The monoisotopic (exact) mass is 428 g/mol. The molecular formula is C29H20N2S. The summed E-state index contributed by atoms with van der Waals surface area (Å²) >= 11 is 1.68. The largest absolute Gasteiger partial charge is 0.355 e. The lowest BCUT2D eigenvalue weighted by Crippen LogP contribution is -1.93. The van der Waals surface area contributed by atoms with E-state index in [1.807, 2.05) is 11.6 Å². The average Bonchev–Trinajstić information content (AvgIpc) is 3.35. The molecule has 1 N–H and O–H groups in total. The summed E-state index contributed by atoms with van der Waals surface area (Å²) in [6.45, 7) is 0. The van der Waals surface area contributed by atoms with E-state index in [4.69, 9.17) is 0 Å². The fraction of sp³-hybridized carbons (Fsp3) is 0. The summed E-state index contributed by atoms with van der Waals surface area (Å²) in [5, 5.41) is 6.04. The van der Waals surface area contributed by atoms with Gasteiger partial charge in [-0.2, -0.15) is 0 Å². The fourth-order valence-corrected chi connectivity index (χ4v) is 4.98. The normalized spacial score (nSPS) is 11.1. The maximum Gasteiger partial charge on any atom is 0.0890 e. The Morgan fingerprint density at radius 1 is 0.562 bits per heavy atom. The van der Waals surface area contributed by atoms with Crippen molar-refractivity contribution >= 4 is 43.7 Å². The van der Waals surface area contributed by atoms with E-state index in [0.717, 1.165) is 16.9 Å². The second kappa shape index (κ2) is 7.95. The van der Waals surface area contributed by atoms with Gasteiger partial charge in [-0.3, -0.25) is 0 Å². The molecule has 0 saturated heterocycles. The molecule has 0 aliphatic carbocycles. The highest BCUT2D eigenvalue weighted by Crippen LogP contribution is 2.38. The van der Waals surface area contributed by atoms with Crippen LogP contribution in [0, 0.1) is 0 Å². The van der Waals surface area contributed by atoms with Crippen LogP contribution in [0.5, 0.6) is 0 Å². The quantitative estimate of drug-likeness (QED) is 0.304. The number of fused-ring (bicyclic) bond motifs is 2. The Kier molecular flexibility index (Phi) is 4.67. The third-order valence-corrected chi connectivity index (χ3v) is 6.64. The van der Waals surface area contributed by atoms with E-state index in [1.54, 1.807) is 11.3 Å². The zero-order valence-electron chi connectivity index (χ0n) is 17.3. The second-order valence-corrected chi connectivity index (χ2v) is 8.67. The summed E-state index contributed by atoms with van der Waals surface area (Å²) < 4.78 is 1.22. The molecule has 0 bridgehead atoms. The number of hydrogen-bond donors (Lipinski definition) is 1. The number of aromatic nitrogens is 1. The molecule has 0 radical (unpaired) electrons. The van der Waals surface area contributed by atoms with Crippen LogP contribution in [0.3, 0.4) is 0 Å². The number of rotatable bonds is 4. The molecule has 3 heteroatoms. The van der Waals surface area contributed by atoms with Crippen LogP contribution in [-0.4, -0.2) is 4.98 Å². The molecule has 5 aromatic carbocycles. The molecule has 0 spiro atoms. The maximum absolute atomic E-state index is 4.63. The lowest BCUT2D eigenvalue weighted by molar-refractivity contribution is 1.50. The Morgan fingerprint density at radius 2 is 1.31 bits per heavy atom. The lowest BCUT2D eigenvalue weighted by atomic mass is 9.96. The Morgan fingerprint density at radius 3 is 2.16 bits per heavy atom. The van der Waals surface area contributed by atoms with Crippen molar-refractivity contribution in [3.8, 4) is 22.3 Å². The Balaban J connectivity index is 1.40. The lowest BCUT2D eigenvalue weighted by Gasteiger charge is -2.14. The van der Waals surface area contributed by atoms with Gasteiger partial charge in [-0.15, -0.1) is 11.3 Å². The molecule has 1 heterocycles. The molecule has 0 aliphatic rings. The van der Waals surface area contributed by atoms with Crippen LogP contribution in [0.4, 0.5) is 11.4 Å². The van der Waals surface area contributed by atoms with Crippen LogP contribution < -0.4 is 5.32 Å². The number of nitrogens with zero attached hydrogens (tertiary/aromatic N) is 1. The Labute approximate surface area is 190 Å². The molecule has 0 fully saturated rings. The van der Waals surface area contributed by atoms with Crippen molar-refractivity contribution in [2.45, 2.75) is 0 Å². The molecule has 6 aromatic rings. The van der Waals surface area contributed by atoms with Crippen LogP contribution in [0.1, 0.15) is 0 Å². The van der Waals surface area contributed by atoms with Gasteiger partial charge in [0.25, 0.3) is 0 Å². The minimum absolute atomic E-state index is 1.07. The number of nitrogens with one attached hydrogen (secondary N) is 1. The molecule has 0 atom stereocenters.